The van der Waals surface area contributed by atoms with Crippen molar-refractivity contribution >= 4 is 5.91 Å². The molecule has 0 aromatic rings. The summed E-state index contributed by atoms with van der Waals surface area (Å²) in [6, 6.07) is 0. The van der Waals surface area contributed by atoms with Crippen LogP contribution < -0.4 is 5.32 Å². The topological polar surface area (TPSA) is 44.8 Å². The second-order valence-corrected chi connectivity index (χ2v) is 5.98. The summed E-state index contributed by atoms with van der Waals surface area (Å²) in [7, 11) is 2.03. The number of hydrogen-bond acceptors (Lipinski definition) is 4. The maximum atomic E-state index is 12.2. The third-order valence-corrected chi connectivity index (χ3v) is 4.11. The standard InChI is InChI=1S/C14H27N3O2/c1-14(12-16(2)10-11-19-14)13(18)15-6-9-17-7-4-3-5-8-17/h3-12H2,1-2H3,(H,15,18). The van der Waals surface area contributed by atoms with Crippen molar-refractivity contribution in [1.29, 1.82) is 0 Å². The first-order valence-corrected chi connectivity index (χ1v) is 7.43. The molecule has 2 heterocycles. The quantitative estimate of drug-likeness (QED) is 0.798. The van der Waals surface area contributed by atoms with Crippen LogP contribution in [0.2, 0.25) is 0 Å². The van der Waals surface area contributed by atoms with Crippen LogP contribution in [0, 0.1) is 0 Å². The summed E-state index contributed by atoms with van der Waals surface area (Å²) in [6.07, 6.45) is 3.93. The number of carbonyl (C=O) groups excluding carboxylic acids is 1. The molecule has 0 spiro atoms. The fraction of sp³-hybridized carbons (Fsp3) is 0.929. The molecule has 2 saturated heterocycles. The van der Waals surface area contributed by atoms with Gasteiger partial charge in [-0.25, -0.2) is 0 Å². The average Bonchev–Trinajstić information content (AvgIpc) is 2.39. The largest absolute Gasteiger partial charge is 0.363 e. The molecular weight excluding hydrogens is 242 g/mol. The molecule has 0 aromatic carbocycles. The van der Waals surface area contributed by atoms with E-state index in [9.17, 15) is 4.79 Å². The first kappa shape index (κ1) is 14.8. The molecule has 110 valence electrons. The van der Waals surface area contributed by atoms with E-state index in [0.717, 1.165) is 19.6 Å². The highest BCUT2D eigenvalue weighted by Crippen LogP contribution is 2.16. The Kier molecular flexibility index (Phi) is 5.19. The fourth-order valence-electron chi connectivity index (χ4n) is 2.90. The van der Waals surface area contributed by atoms with Gasteiger partial charge in [0.2, 0.25) is 0 Å². The predicted molar refractivity (Wildman–Crippen MR) is 75.2 cm³/mol. The summed E-state index contributed by atoms with van der Waals surface area (Å²) in [4.78, 5) is 16.8. The van der Waals surface area contributed by atoms with Gasteiger partial charge in [0, 0.05) is 26.2 Å². The third-order valence-electron chi connectivity index (χ3n) is 4.11. The number of ether oxygens (including phenoxy) is 1. The number of likely N-dealkylation sites (N-methyl/N-ethyl adjacent to an activating group) is 1. The number of nitrogens with one attached hydrogen (secondary N) is 1. The molecule has 0 bridgehead atoms. The maximum absolute atomic E-state index is 12.2. The van der Waals surface area contributed by atoms with Crippen molar-refractivity contribution in [3.63, 3.8) is 0 Å². The van der Waals surface area contributed by atoms with Crippen LogP contribution >= 0.6 is 0 Å². The minimum Gasteiger partial charge on any atom is -0.363 e. The van der Waals surface area contributed by atoms with Crippen molar-refractivity contribution in [2.24, 2.45) is 0 Å². The lowest BCUT2D eigenvalue weighted by Gasteiger charge is -2.37. The van der Waals surface area contributed by atoms with Crippen LogP contribution in [-0.2, 0) is 9.53 Å². The zero-order chi connectivity index (χ0) is 13.7. The van der Waals surface area contributed by atoms with Crippen LogP contribution in [0.25, 0.3) is 0 Å². The Bertz CT molecular complexity index is 305. The molecule has 0 aliphatic carbocycles. The Morgan fingerprint density at radius 3 is 2.68 bits per heavy atom. The highest BCUT2D eigenvalue weighted by molar-refractivity contribution is 5.85. The summed E-state index contributed by atoms with van der Waals surface area (Å²) >= 11 is 0. The Hall–Kier alpha value is -0.650. The molecule has 1 N–H and O–H groups in total. The summed E-state index contributed by atoms with van der Waals surface area (Å²) in [5.41, 5.74) is -0.686. The monoisotopic (exact) mass is 269 g/mol. The van der Waals surface area contributed by atoms with E-state index < -0.39 is 5.60 Å². The summed E-state index contributed by atoms with van der Waals surface area (Å²) < 4.78 is 5.67. The second kappa shape index (κ2) is 6.68. The molecule has 1 amide bonds. The average molecular weight is 269 g/mol. The first-order chi connectivity index (χ1) is 9.10. The lowest BCUT2D eigenvalue weighted by molar-refractivity contribution is -0.155. The minimum atomic E-state index is -0.686. The number of rotatable bonds is 4. The van der Waals surface area contributed by atoms with Crippen molar-refractivity contribution in [2.45, 2.75) is 31.8 Å². The zero-order valence-corrected chi connectivity index (χ0v) is 12.3. The van der Waals surface area contributed by atoms with Crippen molar-refractivity contribution in [1.82, 2.24) is 15.1 Å². The number of nitrogens with zero attached hydrogens (tertiary/aromatic N) is 2. The molecule has 5 heteroatoms. The van der Waals surface area contributed by atoms with E-state index in [1.54, 1.807) is 0 Å². The molecule has 2 fully saturated rings. The number of piperidine rings is 1. The van der Waals surface area contributed by atoms with E-state index in [-0.39, 0.29) is 5.91 Å². The molecule has 0 saturated carbocycles. The predicted octanol–water partition coefficient (Wildman–Crippen LogP) is 0.309. The maximum Gasteiger partial charge on any atom is 0.253 e. The molecule has 19 heavy (non-hydrogen) atoms. The molecule has 0 radical (unpaired) electrons. The summed E-state index contributed by atoms with van der Waals surface area (Å²) in [6.45, 7) is 8.11. The number of hydrogen-bond donors (Lipinski definition) is 1. The molecule has 0 aromatic heterocycles. The lowest BCUT2D eigenvalue weighted by Crippen LogP contribution is -2.57. The summed E-state index contributed by atoms with van der Waals surface area (Å²) in [5.74, 6) is 0.0241. The van der Waals surface area contributed by atoms with Crippen molar-refractivity contribution in [2.75, 3.05) is 52.9 Å². The fourth-order valence-corrected chi connectivity index (χ4v) is 2.90. The highest BCUT2D eigenvalue weighted by Gasteiger charge is 2.37. The lowest BCUT2D eigenvalue weighted by atomic mass is 10.0. The van der Waals surface area contributed by atoms with Crippen LogP contribution in [0.15, 0.2) is 0 Å². The molecular formula is C14H27N3O2. The van der Waals surface area contributed by atoms with Gasteiger partial charge >= 0.3 is 0 Å². The number of likely N-dealkylation sites (tertiary alicyclic amines) is 1. The molecule has 2 aliphatic rings. The normalized spacial score (nSPS) is 30.2. The van der Waals surface area contributed by atoms with Crippen LogP contribution in [0.4, 0.5) is 0 Å². The van der Waals surface area contributed by atoms with Crippen LogP contribution in [0.3, 0.4) is 0 Å². The molecule has 1 atom stereocenters. The van der Waals surface area contributed by atoms with Crippen LogP contribution in [-0.4, -0.2) is 74.2 Å². The molecule has 2 aliphatic heterocycles. The van der Waals surface area contributed by atoms with E-state index in [2.05, 4.69) is 15.1 Å². The van der Waals surface area contributed by atoms with E-state index in [1.807, 2.05) is 14.0 Å². The van der Waals surface area contributed by atoms with Gasteiger partial charge in [0.1, 0.15) is 0 Å². The number of amides is 1. The highest BCUT2D eigenvalue weighted by atomic mass is 16.5. The SMILES string of the molecule is CN1CCOC(C)(C(=O)NCCN2CCCCC2)C1. The van der Waals surface area contributed by atoms with Crippen LogP contribution in [0.5, 0.6) is 0 Å². The van der Waals surface area contributed by atoms with Crippen LogP contribution in [0.1, 0.15) is 26.2 Å². The summed E-state index contributed by atoms with van der Waals surface area (Å²) in [5, 5.41) is 3.03. The van der Waals surface area contributed by atoms with Gasteiger partial charge in [-0.3, -0.25) is 4.79 Å². The van der Waals surface area contributed by atoms with E-state index >= 15 is 0 Å². The number of morpholine rings is 1. The van der Waals surface area contributed by atoms with Gasteiger partial charge in [-0.2, -0.15) is 0 Å². The number of carbonyl (C=O) groups is 1. The molecule has 2 rings (SSSR count). The van der Waals surface area contributed by atoms with Gasteiger partial charge in [0.05, 0.1) is 6.61 Å². The van der Waals surface area contributed by atoms with Gasteiger partial charge in [-0.05, 0) is 39.9 Å². The van der Waals surface area contributed by atoms with Gasteiger partial charge < -0.3 is 19.9 Å². The molecule has 1 unspecified atom stereocenters. The first-order valence-electron chi connectivity index (χ1n) is 7.43. The Labute approximate surface area is 116 Å². The second-order valence-electron chi connectivity index (χ2n) is 5.98. The third kappa shape index (κ3) is 4.16. The van der Waals surface area contributed by atoms with E-state index in [1.165, 1.54) is 32.4 Å². The molecule has 5 nitrogen and oxygen atoms in total. The van der Waals surface area contributed by atoms with Gasteiger partial charge in [0.25, 0.3) is 5.91 Å². The van der Waals surface area contributed by atoms with E-state index in [0.29, 0.717) is 13.2 Å². The Morgan fingerprint density at radius 2 is 2.00 bits per heavy atom. The zero-order valence-electron chi connectivity index (χ0n) is 12.3. The van der Waals surface area contributed by atoms with Crippen molar-refractivity contribution in [3.8, 4) is 0 Å². The van der Waals surface area contributed by atoms with Gasteiger partial charge in [0.15, 0.2) is 5.60 Å². The van der Waals surface area contributed by atoms with E-state index in [4.69, 9.17) is 4.74 Å². The Morgan fingerprint density at radius 1 is 1.26 bits per heavy atom. The van der Waals surface area contributed by atoms with Crippen molar-refractivity contribution in [3.05, 3.63) is 0 Å². The van der Waals surface area contributed by atoms with Gasteiger partial charge in [-0.15, -0.1) is 0 Å². The van der Waals surface area contributed by atoms with Crippen molar-refractivity contribution < 1.29 is 9.53 Å². The Balaban J connectivity index is 1.71. The smallest absolute Gasteiger partial charge is 0.253 e. The van der Waals surface area contributed by atoms with Gasteiger partial charge in [-0.1, -0.05) is 6.42 Å². The minimum absolute atomic E-state index is 0.0241.